The van der Waals surface area contributed by atoms with Crippen LogP contribution < -0.4 is 0 Å². The molecule has 0 aliphatic heterocycles. The van der Waals surface area contributed by atoms with Gasteiger partial charge in [-0.3, -0.25) is 0 Å². The van der Waals surface area contributed by atoms with Crippen LogP contribution >= 0.6 is 11.6 Å². The predicted octanol–water partition coefficient (Wildman–Crippen LogP) is 3.61. The zero-order valence-electron chi connectivity index (χ0n) is 12.1. The zero-order chi connectivity index (χ0) is 15.9. The molecule has 0 atom stereocenters. The summed E-state index contributed by atoms with van der Waals surface area (Å²) in [6.07, 6.45) is 1.88. The monoisotopic (exact) mass is 320 g/mol. The molecular weight excluding hydrogens is 307 g/mol. The molecule has 0 saturated heterocycles. The Kier molecular flexibility index (Phi) is 3.66. The van der Waals surface area contributed by atoms with Crippen molar-refractivity contribution in [3.63, 3.8) is 0 Å². The number of aryl methyl sites for hydroxylation is 1. The molecule has 2 heterocycles. The van der Waals surface area contributed by atoms with Gasteiger partial charge in [0.1, 0.15) is 11.5 Å². The maximum absolute atomic E-state index is 14.0. The van der Waals surface area contributed by atoms with Crippen molar-refractivity contribution in [2.75, 3.05) is 7.11 Å². The van der Waals surface area contributed by atoms with Crippen LogP contribution in [-0.4, -0.2) is 22.2 Å². The highest BCUT2D eigenvalue weighted by molar-refractivity contribution is 6.31. The molecule has 0 aliphatic carbocycles. The molecule has 0 amide bonds. The van der Waals surface area contributed by atoms with Crippen LogP contribution in [0, 0.1) is 5.82 Å². The van der Waals surface area contributed by atoms with E-state index in [4.69, 9.17) is 16.3 Å². The number of carbonyl (C=O) groups excluding carboxylic acids is 1. The largest absolute Gasteiger partial charge is 0.464 e. The molecule has 0 saturated carbocycles. The fourth-order valence-corrected chi connectivity index (χ4v) is 2.78. The summed E-state index contributed by atoms with van der Waals surface area (Å²) in [6.45, 7) is 0.156. The number of esters is 1. The first-order valence-electron chi connectivity index (χ1n) is 6.68. The first kappa shape index (κ1) is 14.7. The van der Waals surface area contributed by atoms with Crippen molar-refractivity contribution in [3.8, 4) is 0 Å². The molecule has 3 rings (SSSR count). The van der Waals surface area contributed by atoms with Gasteiger partial charge >= 0.3 is 5.97 Å². The van der Waals surface area contributed by atoms with Gasteiger partial charge in [-0.05, 0) is 24.3 Å². The van der Waals surface area contributed by atoms with Crippen LogP contribution in [0.2, 0.25) is 5.02 Å². The lowest BCUT2D eigenvalue weighted by Gasteiger charge is -2.11. The second-order valence-electron chi connectivity index (χ2n) is 5.00. The molecule has 0 aliphatic rings. The summed E-state index contributed by atoms with van der Waals surface area (Å²) >= 11 is 6.09. The SMILES string of the molecule is COC(=O)c1cc2c(ccn2C)n1Cc1c(F)cccc1Cl. The Balaban J connectivity index is 2.18. The van der Waals surface area contributed by atoms with Crippen molar-refractivity contribution < 1.29 is 13.9 Å². The van der Waals surface area contributed by atoms with Crippen LogP contribution in [0.3, 0.4) is 0 Å². The van der Waals surface area contributed by atoms with E-state index < -0.39 is 11.8 Å². The molecule has 0 unspecified atom stereocenters. The fraction of sp³-hybridized carbons (Fsp3) is 0.188. The molecule has 0 fully saturated rings. The molecule has 0 spiro atoms. The summed E-state index contributed by atoms with van der Waals surface area (Å²) in [5.74, 6) is -0.871. The Labute approximate surface area is 131 Å². The van der Waals surface area contributed by atoms with Crippen molar-refractivity contribution in [2.45, 2.75) is 6.54 Å². The van der Waals surface area contributed by atoms with E-state index in [1.54, 1.807) is 22.8 Å². The summed E-state index contributed by atoms with van der Waals surface area (Å²) in [7, 11) is 3.20. The van der Waals surface area contributed by atoms with Crippen molar-refractivity contribution >= 4 is 28.6 Å². The predicted molar refractivity (Wildman–Crippen MR) is 82.8 cm³/mol. The minimum atomic E-state index is -0.469. The first-order chi connectivity index (χ1) is 10.5. The number of hydrogen-bond acceptors (Lipinski definition) is 2. The Morgan fingerprint density at radius 1 is 1.32 bits per heavy atom. The highest BCUT2D eigenvalue weighted by Crippen LogP contribution is 2.26. The van der Waals surface area contributed by atoms with Gasteiger partial charge in [0, 0.05) is 23.8 Å². The van der Waals surface area contributed by atoms with Crippen molar-refractivity contribution in [2.24, 2.45) is 7.05 Å². The minimum Gasteiger partial charge on any atom is -0.464 e. The smallest absolute Gasteiger partial charge is 0.354 e. The van der Waals surface area contributed by atoms with E-state index in [1.165, 1.54) is 13.2 Å². The summed E-state index contributed by atoms with van der Waals surface area (Å²) < 4.78 is 22.5. The maximum atomic E-state index is 14.0. The number of hydrogen-bond donors (Lipinski definition) is 0. The fourth-order valence-electron chi connectivity index (χ4n) is 2.56. The highest BCUT2D eigenvalue weighted by atomic mass is 35.5. The average molecular weight is 321 g/mol. The molecule has 22 heavy (non-hydrogen) atoms. The van der Waals surface area contributed by atoms with E-state index in [2.05, 4.69) is 0 Å². The van der Waals surface area contributed by atoms with Crippen LogP contribution in [-0.2, 0) is 18.3 Å². The molecule has 2 aromatic heterocycles. The van der Waals surface area contributed by atoms with Crippen molar-refractivity contribution in [3.05, 3.63) is 58.6 Å². The number of benzene rings is 1. The summed E-state index contributed by atoms with van der Waals surface area (Å²) in [5.41, 5.74) is 2.40. The van der Waals surface area contributed by atoms with Gasteiger partial charge in [-0.25, -0.2) is 9.18 Å². The molecule has 0 N–H and O–H groups in total. The lowest BCUT2D eigenvalue weighted by Crippen LogP contribution is -2.12. The number of nitrogens with zero attached hydrogens (tertiary/aromatic N) is 2. The third kappa shape index (κ3) is 2.27. The molecule has 0 bridgehead atoms. The van der Waals surface area contributed by atoms with Crippen molar-refractivity contribution in [1.82, 2.24) is 9.13 Å². The summed E-state index contributed by atoms with van der Waals surface area (Å²) in [5, 5.41) is 0.327. The van der Waals surface area contributed by atoms with Crippen LogP contribution in [0.15, 0.2) is 36.5 Å². The number of methoxy groups -OCH3 is 1. The molecule has 4 nitrogen and oxygen atoms in total. The maximum Gasteiger partial charge on any atom is 0.354 e. The number of aromatic nitrogens is 2. The Hall–Kier alpha value is -2.27. The lowest BCUT2D eigenvalue weighted by molar-refractivity contribution is 0.0589. The topological polar surface area (TPSA) is 36.2 Å². The van der Waals surface area contributed by atoms with E-state index in [1.807, 2.05) is 23.9 Å². The molecule has 114 valence electrons. The molecule has 0 radical (unpaired) electrons. The van der Waals surface area contributed by atoms with E-state index in [0.29, 0.717) is 16.3 Å². The number of fused-ring (bicyclic) bond motifs is 1. The first-order valence-corrected chi connectivity index (χ1v) is 7.06. The van der Waals surface area contributed by atoms with Gasteiger partial charge in [0.05, 0.1) is 24.7 Å². The van der Waals surface area contributed by atoms with Crippen LogP contribution in [0.1, 0.15) is 16.1 Å². The minimum absolute atomic E-state index is 0.156. The second kappa shape index (κ2) is 5.50. The van der Waals surface area contributed by atoms with Crippen LogP contribution in [0.4, 0.5) is 4.39 Å². The normalized spacial score (nSPS) is 11.1. The van der Waals surface area contributed by atoms with E-state index >= 15 is 0 Å². The summed E-state index contributed by atoms with van der Waals surface area (Å²) in [4.78, 5) is 12.0. The third-order valence-corrected chi connectivity index (χ3v) is 4.08. The second-order valence-corrected chi connectivity index (χ2v) is 5.41. The summed E-state index contributed by atoms with van der Waals surface area (Å²) in [6, 6.07) is 8.14. The average Bonchev–Trinajstić information content (AvgIpc) is 3.03. The number of carbonyl (C=O) groups is 1. The number of rotatable bonds is 3. The van der Waals surface area contributed by atoms with Crippen LogP contribution in [0.25, 0.3) is 11.0 Å². The zero-order valence-corrected chi connectivity index (χ0v) is 12.9. The number of halogens is 2. The van der Waals surface area contributed by atoms with Gasteiger partial charge in [0.25, 0.3) is 0 Å². The molecule has 3 aromatic rings. The van der Waals surface area contributed by atoms with Crippen LogP contribution in [0.5, 0.6) is 0 Å². The Morgan fingerprint density at radius 3 is 2.77 bits per heavy atom. The molecule has 1 aromatic carbocycles. The quantitative estimate of drug-likeness (QED) is 0.691. The van der Waals surface area contributed by atoms with Gasteiger partial charge in [-0.15, -0.1) is 0 Å². The van der Waals surface area contributed by atoms with Gasteiger partial charge in [0.15, 0.2) is 0 Å². The van der Waals surface area contributed by atoms with Gasteiger partial charge < -0.3 is 13.9 Å². The van der Waals surface area contributed by atoms with Gasteiger partial charge in [-0.1, -0.05) is 17.7 Å². The number of ether oxygens (including phenoxy) is 1. The van der Waals surface area contributed by atoms with Gasteiger partial charge in [0.2, 0.25) is 0 Å². The van der Waals surface area contributed by atoms with E-state index in [9.17, 15) is 9.18 Å². The third-order valence-electron chi connectivity index (χ3n) is 3.73. The van der Waals surface area contributed by atoms with E-state index in [0.717, 1.165) is 11.0 Å². The molecular formula is C16H14ClFN2O2. The van der Waals surface area contributed by atoms with Crippen molar-refractivity contribution in [1.29, 1.82) is 0 Å². The Bertz CT molecular complexity index is 846. The van der Waals surface area contributed by atoms with E-state index in [-0.39, 0.29) is 6.54 Å². The van der Waals surface area contributed by atoms with Gasteiger partial charge in [-0.2, -0.15) is 0 Å². The molecule has 6 heteroatoms. The standard InChI is InChI=1S/C16H14ClFN2O2/c1-19-7-6-13-14(19)8-15(16(21)22-2)20(13)9-10-11(17)4-3-5-12(10)18/h3-8H,9H2,1-2H3. The Morgan fingerprint density at radius 2 is 2.09 bits per heavy atom. The highest BCUT2D eigenvalue weighted by Gasteiger charge is 2.19. The lowest BCUT2D eigenvalue weighted by atomic mass is 10.2.